The van der Waals surface area contributed by atoms with Crippen molar-refractivity contribution in [3.05, 3.63) is 77.4 Å². The number of hydrogen-bond donors (Lipinski definition) is 0. The molecule has 2 atom stereocenters. The van der Waals surface area contributed by atoms with Crippen molar-refractivity contribution in [3.63, 3.8) is 0 Å². The Morgan fingerprint density at radius 3 is 2.38 bits per heavy atom. The van der Waals surface area contributed by atoms with Crippen molar-refractivity contribution in [1.82, 2.24) is 5.01 Å². The Morgan fingerprint density at radius 2 is 1.68 bits per heavy atom. The van der Waals surface area contributed by atoms with E-state index in [1.807, 2.05) is 54.4 Å². The lowest BCUT2D eigenvalue weighted by Gasteiger charge is -2.38. The van der Waals surface area contributed by atoms with E-state index >= 15 is 0 Å². The molecule has 0 spiro atoms. The molecule has 34 heavy (non-hydrogen) atoms. The Hall–Kier alpha value is -3.87. The lowest BCUT2D eigenvalue weighted by atomic mass is 9.95. The predicted octanol–water partition coefficient (Wildman–Crippen LogP) is 5.35. The molecule has 0 amide bonds. The Morgan fingerprint density at radius 1 is 0.912 bits per heavy atom. The van der Waals surface area contributed by atoms with Crippen LogP contribution < -0.4 is 23.7 Å². The lowest BCUT2D eigenvalue weighted by molar-refractivity contribution is -0.0210. The zero-order chi connectivity index (χ0) is 23.7. The molecule has 3 aromatic rings. The fourth-order valence-corrected chi connectivity index (χ4v) is 4.56. The third-order valence-electron chi connectivity index (χ3n) is 6.19. The van der Waals surface area contributed by atoms with Crippen molar-refractivity contribution in [1.29, 1.82) is 0 Å². The fourth-order valence-electron chi connectivity index (χ4n) is 4.56. The van der Waals surface area contributed by atoms with Crippen LogP contribution in [0.1, 0.15) is 42.3 Å². The molecule has 0 saturated heterocycles. The van der Waals surface area contributed by atoms with Crippen LogP contribution in [0.5, 0.6) is 28.7 Å². The van der Waals surface area contributed by atoms with E-state index in [0.717, 1.165) is 40.3 Å². The summed E-state index contributed by atoms with van der Waals surface area (Å²) in [5.74, 6) is 3.60. The van der Waals surface area contributed by atoms with Gasteiger partial charge in [0.1, 0.15) is 5.75 Å². The van der Waals surface area contributed by atoms with E-state index in [4.69, 9.17) is 28.8 Å². The molecule has 0 aromatic heterocycles. The molecule has 5 rings (SSSR count). The molecular formula is C27H28N2O5. The summed E-state index contributed by atoms with van der Waals surface area (Å²) in [6.07, 6.45) is 0.301. The maximum Gasteiger partial charge on any atom is 0.214 e. The zero-order valence-corrected chi connectivity index (χ0v) is 19.8. The number of fused-ring (bicyclic) bond motifs is 3. The van der Waals surface area contributed by atoms with Crippen molar-refractivity contribution >= 4 is 5.71 Å². The summed E-state index contributed by atoms with van der Waals surface area (Å²) < 4.78 is 28.7. The normalized spacial score (nSPS) is 18.4. The number of benzene rings is 3. The molecule has 0 unspecified atom stereocenters. The summed E-state index contributed by atoms with van der Waals surface area (Å²) in [7, 11) is 4.91. The number of nitrogens with zero attached hydrogens (tertiary/aromatic N) is 2. The summed E-state index contributed by atoms with van der Waals surface area (Å²) in [6, 6.07) is 19.9. The second kappa shape index (κ2) is 9.17. The number of hydrogen-bond acceptors (Lipinski definition) is 7. The Bertz CT molecular complexity index is 1210. The molecule has 176 valence electrons. The first-order valence-corrected chi connectivity index (χ1v) is 11.3. The molecule has 2 aliphatic rings. The topological polar surface area (TPSA) is 61.8 Å². The van der Waals surface area contributed by atoms with Crippen molar-refractivity contribution in [2.45, 2.75) is 25.6 Å². The van der Waals surface area contributed by atoms with E-state index in [1.54, 1.807) is 21.3 Å². The van der Waals surface area contributed by atoms with Gasteiger partial charge in [0.15, 0.2) is 23.0 Å². The highest BCUT2D eigenvalue weighted by Crippen LogP contribution is 2.51. The van der Waals surface area contributed by atoms with Gasteiger partial charge < -0.3 is 23.7 Å². The minimum absolute atomic E-state index is 0.0125. The van der Waals surface area contributed by atoms with Gasteiger partial charge in [-0.25, -0.2) is 5.01 Å². The number of ether oxygens (including phenoxy) is 5. The van der Waals surface area contributed by atoms with Crippen molar-refractivity contribution in [2.24, 2.45) is 5.10 Å². The van der Waals surface area contributed by atoms with Gasteiger partial charge in [0, 0.05) is 17.5 Å². The van der Waals surface area contributed by atoms with Gasteiger partial charge >= 0.3 is 0 Å². The largest absolute Gasteiger partial charge is 0.494 e. The van der Waals surface area contributed by atoms with Crippen LogP contribution in [0.15, 0.2) is 65.8 Å². The third-order valence-corrected chi connectivity index (χ3v) is 6.19. The maximum atomic E-state index is 6.54. The SMILES string of the molecule is CCOc1ccc(C2=NN3[C@H](C2)c2cccc(OC)c2O[C@@H]3c2ccc(OC)c(OC)c2)cc1. The second-order valence-electron chi connectivity index (χ2n) is 8.07. The second-order valence-corrected chi connectivity index (χ2v) is 8.07. The molecule has 0 radical (unpaired) electrons. The molecule has 7 heteroatoms. The van der Waals surface area contributed by atoms with Gasteiger partial charge in [-0.15, -0.1) is 0 Å². The van der Waals surface area contributed by atoms with Gasteiger partial charge in [-0.3, -0.25) is 0 Å². The highest BCUT2D eigenvalue weighted by atomic mass is 16.5. The molecular weight excluding hydrogens is 432 g/mol. The molecule has 3 aromatic carbocycles. The first-order valence-electron chi connectivity index (χ1n) is 11.3. The van der Waals surface area contributed by atoms with Crippen LogP contribution >= 0.6 is 0 Å². The zero-order valence-electron chi connectivity index (χ0n) is 19.8. The summed E-state index contributed by atoms with van der Waals surface area (Å²) in [5.41, 5.74) is 4.03. The molecule has 0 saturated carbocycles. The highest BCUT2D eigenvalue weighted by molar-refractivity contribution is 6.02. The van der Waals surface area contributed by atoms with Crippen LogP contribution in [-0.4, -0.2) is 38.7 Å². The Balaban J connectivity index is 1.57. The smallest absolute Gasteiger partial charge is 0.214 e. The summed E-state index contributed by atoms with van der Waals surface area (Å²) in [6.45, 7) is 2.62. The van der Waals surface area contributed by atoms with Crippen LogP contribution in [0, 0.1) is 0 Å². The van der Waals surface area contributed by atoms with E-state index in [1.165, 1.54) is 0 Å². The van der Waals surface area contributed by atoms with Crippen LogP contribution in [0.4, 0.5) is 0 Å². The molecule has 2 heterocycles. The lowest BCUT2D eigenvalue weighted by Crippen LogP contribution is -2.33. The van der Waals surface area contributed by atoms with Gasteiger partial charge in [-0.1, -0.05) is 12.1 Å². The minimum atomic E-state index is -0.450. The van der Waals surface area contributed by atoms with Gasteiger partial charge in [0.2, 0.25) is 6.23 Å². The number of para-hydroxylation sites is 1. The summed E-state index contributed by atoms with van der Waals surface area (Å²) >= 11 is 0. The van der Waals surface area contributed by atoms with Crippen LogP contribution in [-0.2, 0) is 0 Å². The standard InChI is InChI=1S/C27H28N2O5/c1-5-33-19-12-9-17(10-13-19)21-16-22-20-7-6-8-24(31-3)26(20)34-27(29(22)28-21)18-11-14-23(30-2)25(15-18)32-4/h6-15,22,27H,5,16H2,1-4H3/t22-,27-/m1/s1. The van der Waals surface area contributed by atoms with Gasteiger partial charge in [0.05, 0.1) is 39.7 Å². The summed E-state index contributed by atoms with van der Waals surface area (Å²) in [4.78, 5) is 0. The van der Waals surface area contributed by atoms with Gasteiger partial charge in [-0.05, 0) is 61.0 Å². The van der Waals surface area contributed by atoms with E-state index in [9.17, 15) is 0 Å². The van der Waals surface area contributed by atoms with E-state index in [-0.39, 0.29) is 6.04 Å². The van der Waals surface area contributed by atoms with E-state index in [0.29, 0.717) is 23.9 Å². The average molecular weight is 461 g/mol. The molecule has 2 aliphatic heterocycles. The number of hydrazone groups is 1. The van der Waals surface area contributed by atoms with Crippen LogP contribution in [0.2, 0.25) is 0 Å². The monoisotopic (exact) mass is 460 g/mol. The van der Waals surface area contributed by atoms with E-state index < -0.39 is 6.23 Å². The maximum absolute atomic E-state index is 6.54. The van der Waals surface area contributed by atoms with Crippen LogP contribution in [0.3, 0.4) is 0 Å². The predicted molar refractivity (Wildman–Crippen MR) is 129 cm³/mol. The van der Waals surface area contributed by atoms with Crippen molar-refractivity contribution in [3.8, 4) is 28.7 Å². The highest BCUT2D eigenvalue weighted by Gasteiger charge is 2.42. The summed E-state index contributed by atoms with van der Waals surface area (Å²) in [5, 5.41) is 7.07. The average Bonchev–Trinajstić information content (AvgIpc) is 3.34. The number of rotatable bonds is 7. The Labute approximate surface area is 199 Å². The molecule has 0 bridgehead atoms. The van der Waals surface area contributed by atoms with Crippen molar-refractivity contribution in [2.75, 3.05) is 27.9 Å². The molecule has 0 aliphatic carbocycles. The molecule has 0 N–H and O–H groups in total. The molecule has 0 fully saturated rings. The quantitative estimate of drug-likeness (QED) is 0.474. The fraction of sp³-hybridized carbons (Fsp3) is 0.296. The van der Waals surface area contributed by atoms with Crippen molar-refractivity contribution < 1.29 is 23.7 Å². The first kappa shape index (κ1) is 21.9. The Kier molecular flexibility index (Phi) is 5.92. The minimum Gasteiger partial charge on any atom is -0.494 e. The molecule has 7 nitrogen and oxygen atoms in total. The van der Waals surface area contributed by atoms with Gasteiger partial charge in [0.25, 0.3) is 0 Å². The van der Waals surface area contributed by atoms with E-state index in [2.05, 4.69) is 18.2 Å². The van der Waals surface area contributed by atoms with Gasteiger partial charge in [-0.2, -0.15) is 5.10 Å². The van der Waals surface area contributed by atoms with Crippen LogP contribution in [0.25, 0.3) is 0 Å². The third kappa shape index (κ3) is 3.77. The first-order chi connectivity index (χ1) is 16.7. The number of methoxy groups -OCH3 is 3.